The molecule has 28 heavy (non-hydrogen) atoms. The molecule has 2 aliphatic heterocycles. The van der Waals surface area contributed by atoms with Crippen LogP contribution in [-0.2, 0) is 27.2 Å². The van der Waals surface area contributed by atoms with Crippen LogP contribution in [0.1, 0.15) is 67.7 Å². The van der Waals surface area contributed by atoms with Crippen molar-refractivity contribution >= 4 is 5.91 Å². The molecule has 2 saturated heterocycles. The van der Waals surface area contributed by atoms with E-state index < -0.39 is 0 Å². The molecule has 0 aromatic carbocycles. The van der Waals surface area contributed by atoms with Gasteiger partial charge in [-0.3, -0.25) is 4.79 Å². The van der Waals surface area contributed by atoms with E-state index in [0.29, 0.717) is 5.91 Å². The van der Waals surface area contributed by atoms with Gasteiger partial charge < -0.3 is 21.1 Å². The van der Waals surface area contributed by atoms with Crippen LogP contribution in [0.3, 0.4) is 0 Å². The van der Waals surface area contributed by atoms with Crippen LogP contribution in [0, 0.1) is 23.2 Å². The van der Waals surface area contributed by atoms with Gasteiger partial charge in [0, 0.05) is 46.8 Å². The van der Waals surface area contributed by atoms with Crippen molar-refractivity contribution in [3.8, 4) is 0 Å². The Kier molecular flexibility index (Phi) is 12.2. The number of carbonyl (C=O) groups is 1. The minimum absolute atomic E-state index is 0. The fourth-order valence-corrected chi connectivity index (χ4v) is 4.80. The van der Waals surface area contributed by atoms with Gasteiger partial charge in [0.15, 0.2) is 0 Å². The average Bonchev–Trinajstić information content (AvgIpc) is 2.54. The standard InChI is InChI=1S/C20H39N3O.C3H7.Au/c1-19(2,3)16-20(4,5)18(24)22-11-7-17(8-12-22)15-23(6)13-9-21-10-14-23;1-3-2;/h17H,7-16H2,1-6H3;3H,1-2H3;/q;-1;. The van der Waals surface area contributed by atoms with Crippen LogP contribution in [0.4, 0.5) is 0 Å². The Labute approximate surface area is 191 Å². The second-order valence-electron chi connectivity index (χ2n) is 10.9. The first-order valence-electron chi connectivity index (χ1n) is 10.9. The van der Waals surface area contributed by atoms with E-state index in [1.807, 2.05) is 20.3 Å². The molecule has 2 fully saturated rings. The summed E-state index contributed by atoms with van der Waals surface area (Å²) >= 11 is 0. The molecule has 2 aliphatic rings. The van der Waals surface area contributed by atoms with Crippen molar-refractivity contribution in [2.24, 2.45) is 16.7 Å². The van der Waals surface area contributed by atoms with E-state index in [9.17, 15) is 4.79 Å². The quantitative estimate of drug-likeness (QED) is 0.270. The van der Waals surface area contributed by atoms with Crippen molar-refractivity contribution in [3.63, 3.8) is 0 Å². The van der Waals surface area contributed by atoms with Crippen molar-refractivity contribution in [1.29, 1.82) is 0 Å². The summed E-state index contributed by atoms with van der Waals surface area (Å²) in [6, 6.07) is 0. The molecule has 0 bridgehead atoms. The third kappa shape index (κ3) is 9.75. The fourth-order valence-electron chi connectivity index (χ4n) is 4.80. The number of quaternary nitrogens is 1. The summed E-state index contributed by atoms with van der Waals surface area (Å²) in [5, 5.41) is 4.49. The number of hydrogen-bond donors (Lipinski definition) is 0. The summed E-state index contributed by atoms with van der Waals surface area (Å²) in [5.41, 5.74) is -0.0619. The SMILES string of the molecule is CC(C)(C)CC(C)(C)C(=O)N1CCC(C[N+]2(C)CC[N-]CC2)CC1.C[CH-]C.[Au]. The summed E-state index contributed by atoms with van der Waals surface area (Å²) < 4.78 is 1.18. The van der Waals surface area contributed by atoms with Crippen LogP contribution in [0.25, 0.3) is 5.32 Å². The second kappa shape index (κ2) is 12.1. The Morgan fingerprint density at radius 3 is 1.96 bits per heavy atom. The number of likely N-dealkylation sites (tertiary alicyclic amines) is 1. The van der Waals surface area contributed by atoms with Crippen molar-refractivity contribution < 1.29 is 31.7 Å². The van der Waals surface area contributed by atoms with Crippen molar-refractivity contribution in [3.05, 3.63) is 11.7 Å². The number of likely N-dealkylation sites (N-methyl/N-ethyl adjacent to an activating group) is 1. The van der Waals surface area contributed by atoms with E-state index in [2.05, 4.69) is 51.9 Å². The van der Waals surface area contributed by atoms with Crippen LogP contribution < -0.4 is 0 Å². The van der Waals surface area contributed by atoms with Gasteiger partial charge in [0.05, 0.1) is 26.7 Å². The normalized spacial score (nSPS) is 20.6. The summed E-state index contributed by atoms with van der Waals surface area (Å²) in [6.07, 6.45) is 5.28. The zero-order chi connectivity index (χ0) is 20.7. The smallest absolute Gasteiger partial charge is 0.228 e. The molecule has 2 rings (SSSR count). The minimum Gasteiger partial charge on any atom is -0.653 e. The second-order valence-corrected chi connectivity index (χ2v) is 10.9. The van der Waals surface area contributed by atoms with E-state index in [-0.39, 0.29) is 33.2 Å². The molecule has 5 heteroatoms. The third-order valence-electron chi connectivity index (χ3n) is 5.75. The molecule has 0 aliphatic carbocycles. The number of nitrogens with zero attached hydrogens (tertiary/aromatic N) is 3. The molecule has 4 nitrogen and oxygen atoms in total. The number of rotatable bonds is 4. The molecular formula is C23H46AuN3O-. The van der Waals surface area contributed by atoms with Gasteiger partial charge in [-0.05, 0) is 24.7 Å². The Bertz CT molecular complexity index is 445. The molecule has 1 radical (unpaired) electrons. The number of piperazine rings is 1. The first-order chi connectivity index (χ1) is 12.4. The van der Waals surface area contributed by atoms with Gasteiger partial charge in [-0.2, -0.15) is 13.8 Å². The summed E-state index contributed by atoms with van der Waals surface area (Å²) in [6.45, 7) is 22.5. The average molecular weight is 578 g/mol. The van der Waals surface area contributed by atoms with Crippen LogP contribution in [-0.4, -0.2) is 68.2 Å². The van der Waals surface area contributed by atoms with Gasteiger partial charge in [0.1, 0.15) is 0 Å². The predicted octanol–water partition coefficient (Wildman–Crippen LogP) is 4.75. The molecular weight excluding hydrogens is 531 g/mol. The zero-order valence-electron chi connectivity index (χ0n) is 19.8. The Hall–Kier alpha value is 0.130. The molecule has 0 aromatic rings. The van der Waals surface area contributed by atoms with Crippen LogP contribution >= 0.6 is 0 Å². The van der Waals surface area contributed by atoms with E-state index >= 15 is 0 Å². The van der Waals surface area contributed by atoms with E-state index in [0.717, 1.165) is 38.5 Å². The van der Waals surface area contributed by atoms with Gasteiger partial charge in [-0.15, -0.1) is 0 Å². The van der Waals surface area contributed by atoms with Crippen molar-refractivity contribution in [1.82, 2.24) is 4.90 Å². The van der Waals surface area contributed by atoms with Gasteiger partial charge in [-0.25, -0.2) is 0 Å². The monoisotopic (exact) mass is 577 g/mol. The largest absolute Gasteiger partial charge is 0.653 e. The summed E-state index contributed by atoms with van der Waals surface area (Å²) in [4.78, 5) is 15.1. The van der Waals surface area contributed by atoms with Crippen LogP contribution in [0.2, 0.25) is 0 Å². The maximum atomic E-state index is 13.0. The van der Waals surface area contributed by atoms with Gasteiger partial charge in [0.2, 0.25) is 5.91 Å². The first-order valence-corrected chi connectivity index (χ1v) is 10.9. The predicted molar refractivity (Wildman–Crippen MR) is 117 cm³/mol. The van der Waals surface area contributed by atoms with Crippen molar-refractivity contribution in [2.45, 2.75) is 67.7 Å². The minimum atomic E-state index is -0.252. The maximum absolute atomic E-state index is 13.0. The Morgan fingerprint density at radius 1 is 1.07 bits per heavy atom. The summed E-state index contributed by atoms with van der Waals surface area (Å²) in [7, 11) is 2.39. The molecule has 1 amide bonds. The van der Waals surface area contributed by atoms with Crippen LogP contribution in [0.5, 0.6) is 0 Å². The van der Waals surface area contributed by atoms with Gasteiger partial charge in [0.25, 0.3) is 0 Å². The maximum Gasteiger partial charge on any atom is 0.228 e. The molecule has 171 valence electrons. The topological polar surface area (TPSA) is 34.4 Å². The summed E-state index contributed by atoms with van der Waals surface area (Å²) in [5.74, 6) is 1.12. The molecule has 0 saturated carbocycles. The fraction of sp³-hybridized carbons (Fsp3) is 0.913. The number of piperidine rings is 1. The van der Waals surface area contributed by atoms with Gasteiger partial charge in [-0.1, -0.05) is 47.7 Å². The Morgan fingerprint density at radius 2 is 1.54 bits per heavy atom. The first kappa shape index (κ1) is 28.1. The molecule has 0 atom stereocenters. The number of hydrogen-bond acceptors (Lipinski definition) is 1. The number of carbonyl (C=O) groups excluding carboxylic acids is 1. The van der Waals surface area contributed by atoms with Gasteiger partial charge >= 0.3 is 0 Å². The number of amides is 1. The van der Waals surface area contributed by atoms with Crippen LogP contribution in [0.15, 0.2) is 0 Å². The van der Waals surface area contributed by atoms with E-state index in [1.54, 1.807) is 0 Å². The molecule has 0 unspecified atom stereocenters. The van der Waals surface area contributed by atoms with E-state index in [4.69, 9.17) is 0 Å². The molecule has 0 spiro atoms. The van der Waals surface area contributed by atoms with Crippen molar-refractivity contribution in [2.75, 3.05) is 52.9 Å². The molecule has 2 heterocycles. The van der Waals surface area contributed by atoms with E-state index in [1.165, 1.54) is 37.0 Å². The third-order valence-corrected chi connectivity index (χ3v) is 5.75. The Balaban J connectivity index is 0.00000171. The zero-order valence-corrected chi connectivity index (χ0v) is 21.9. The molecule has 0 aromatic heterocycles. The molecule has 0 N–H and O–H groups in total.